The van der Waals surface area contributed by atoms with Gasteiger partial charge >= 0.3 is 5.97 Å². The van der Waals surface area contributed by atoms with Crippen LogP contribution in [-0.2, 0) is 4.79 Å². The van der Waals surface area contributed by atoms with Crippen LogP contribution in [0.1, 0.15) is 39.0 Å². The number of carbonyl (C=O) groups is 1. The lowest BCUT2D eigenvalue weighted by Gasteiger charge is -2.29. The maximum atomic E-state index is 10.6. The number of rotatable bonds is 8. The molecule has 0 saturated carbocycles. The van der Waals surface area contributed by atoms with Crippen LogP contribution in [-0.4, -0.2) is 60.1 Å². The fraction of sp³-hybridized carbons (Fsp3) is 0.923. The van der Waals surface area contributed by atoms with Crippen molar-refractivity contribution in [3.63, 3.8) is 0 Å². The lowest BCUT2D eigenvalue weighted by molar-refractivity contribution is -0.137. The molecule has 1 rings (SSSR count). The van der Waals surface area contributed by atoms with Crippen molar-refractivity contribution in [3.8, 4) is 0 Å². The lowest BCUT2D eigenvalue weighted by atomic mass is 10.1. The van der Waals surface area contributed by atoms with Gasteiger partial charge in [0.1, 0.15) is 0 Å². The Morgan fingerprint density at radius 2 is 1.88 bits per heavy atom. The molecule has 1 N–H and O–H groups in total. The molecule has 1 saturated heterocycles. The third kappa shape index (κ3) is 6.64. The summed E-state index contributed by atoms with van der Waals surface area (Å²) < 4.78 is 0. The van der Waals surface area contributed by atoms with Crippen molar-refractivity contribution >= 4 is 5.97 Å². The number of piperidine rings is 1. The van der Waals surface area contributed by atoms with Gasteiger partial charge in [0, 0.05) is 19.6 Å². The van der Waals surface area contributed by atoms with Crippen molar-refractivity contribution in [2.75, 3.05) is 39.3 Å². The van der Waals surface area contributed by atoms with Crippen LogP contribution in [0.3, 0.4) is 0 Å². The van der Waals surface area contributed by atoms with Crippen LogP contribution in [0.25, 0.3) is 0 Å². The standard InChI is InChI=1S/C13H26N2O2/c1-2-7-14(10-6-13(16)17)11-12-15-8-4-3-5-9-15/h2-12H2,1H3,(H,16,17). The van der Waals surface area contributed by atoms with Crippen LogP contribution in [0.2, 0.25) is 0 Å². The van der Waals surface area contributed by atoms with Gasteiger partial charge in [0.15, 0.2) is 0 Å². The Kier molecular flexibility index (Phi) is 7.21. The predicted molar refractivity (Wildman–Crippen MR) is 69.3 cm³/mol. The molecule has 100 valence electrons. The highest BCUT2D eigenvalue weighted by molar-refractivity contribution is 5.66. The van der Waals surface area contributed by atoms with Gasteiger partial charge in [0.2, 0.25) is 0 Å². The summed E-state index contributed by atoms with van der Waals surface area (Å²) in [6.45, 7) is 8.41. The highest BCUT2D eigenvalue weighted by atomic mass is 16.4. The van der Waals surface area contributed by atoms with E-state index >= 15 is 0 Å². The van der Waals surface area contributed by atoms with E-state index in [1.165, 1.54) is 32.4 Å². The maximum absolute atomic E-state index is 10.6. The molecule has 1 aliphatic heterocycles. The molecule has 0 spiro atoms. The van der Waals surface area contributed by atoms with Crippen molar-refractivity contribution in [1.29, 1.82) is 0 Å². The zero-order chi connectivity index (χ0) is 12.5. The minimum Gasteiger partial charge on any atom is -0.481 e. The molecule has 4 heteroatoms. The number of aliphatic carboxylic acids is 1. The second-order valence-corrected chi connectivity index (χ2v) is 4.89. The van der Waals surface area contributed by atoms with Crippen LogP contribution >= 0.6 is 0 Å². The summed E-state index contributed by atoms with van der Waals surface area (Å²) in [5, 5.41) is 8.71. The average Bonchev–Trinajstić information content (AvgIpc) is 2.34. The van der Waals surface area contributed by atoms with Crippen molar-refractivity contribution in [3.05, 3.63) is 0 Å². The third-order valence-corrected chi connectivity index (χ3v) is 3.36. The summed E-state index contributed by atoms with van der Waals surface area (Å²) in [4.78, 5) is 15.4. The molecule has 1 fully saturated rings. The Morgan fingerprint density at radius 3 is 2.47 bits per heavy atom. The van der Waals surface area contributed by atoms with E-state index in [-0.39, 0.29) is 6.42 Å². The molecule has 0 atom stereocenters. The van der Waals surface area contributed by atoms with E-state index in [2.05, 4.69) is 16.7 Å². The Labute approximate surface area is 105 Å². The SMILES string of the molecule is CCCN(CCC(=O)O)CCN1CCCCC1. The molecule has 0 aromatic carbocycles. The first kappa shape index (κ1) is 14.5. The average molecular weight is 242 g/mol. The number of likely N-dealkylation sites (tertiary alicyclic amines) is 1. The van der Waals surface area contributed by atoms with Gasteiger partial charge in [-0.3, -0.25) is 4.79 Å². The molecular formula is C13H26N2O2. The van der Waals surface area contributed by atoms with Gasteiger partial charge in [0.05, 0.1) is 6.42 Å². The molecule has 0 aliphatic carbocycles. The van der Waals surface area contributed by atoms with Crippen LogP contribution in [0.5, 0.6) is 0 Å². The molecule has 17 heavy (non-hydrogen) atoms. The maximum Gasteiger partial charge on any atom is 0.304 e. The molecule has 0 bridgehead atoms. The second kappa shape index (κ2) is 8.48. The molecule has 4 nitrogen and oxygen atoms in total. The van der Waals surface area contributed by atoms with Gasteiger partial charge < -0.3 is 14.9 Å². The Morgan fingerprint density at radius 1 is 1.18 bits per heavy atom. The van der Waals surface area contributed by atoms with Crippen molar-refractivity contribution in [1.82, 2.24) is 9.80 Å². The molecule has 1 heterocycles. The minimum absolute atomic E-state index is 0.264. The fourth-order valence-electron chi connectivity index (χ4n) is 2.37. The van der Waals surface area contributed by atoms with Gasteiger partial charge in [-0.2, -0.15) is 0 Å². The molecular weight excluding hydrogens is 216 g/mol. The molecule has 0 aromatic heterocycles. The number of hydrogen-bond donors (Lipinski definition) is 1. The summed E-state index contributed by atoms with van der Waals surface area (Å²) in [6, 6.07) is 0. The smallest absolute Gasteiger partial charge is 0.304 e. The molecule has 0 aromatic rings. The number of carboxylic acid groups (broad SMARTS) is 1. The largest absolute Gasteiger partial charge is 0.481 e. The zero-order valence-corrected chi connectivity index (χ0v) is 11.0. The van der Waals surface area contributed by atoms with Crippen molar-refractivity contribution < 1.29 is 9.90 Å². The number of hydrogen-bond acceptors (Lipinski definition) is 3. The van der Waals surface area contributed by atoms with E-state index < -0.39 is 5.97 Å². The van der Waals surface area contributed by atoms with E-state index in [1.807, 2.05) is 0 Å². The van der Waals surface area contributed by atoms with Crippen LogP contribution in [0.15, 0.2) is 0 Å². The van der Waals surface area contributed by atoms with Gasteiger partial charge in [-0.25, -0.2) is 0 Å². The Hall–Kier alpha value is -0.610. The monoisotopic (exact) mass is 242 g/mol. The van der Waals surface area contributed by atoms with Crippen molar-refractivity contribution in [2.45, 2.75) is 39.0 Å². The fourth-order valence-corrected chi connectivity index (χ4v) is 2.37. The first-order valence-electron chi connectivity index (χ1n) is 6.89. The van der Waals surface area contributed by atoms with Gasteiger partial charge in [-0.1, -0.05) is 13.3 Å². The summed E-state index contributed by atoms with van der Waals surface area (Å²) >= 11 is 0. The normalized spacial score (nSPS) is 17.5. The Bertz CT molecular complexity index is 215. The second-order valence-electron chi connectivity index (χ2n) is 4.89. The summed E-state index contributed by atoms with van der Waals surface area (Å²) in [6.07, 6.45) is 5.37. The van der Waals surface area contributed by atoms with E-state index in [0.29, 0.717) is 6.54 Å². The van der Waals surface area contributed by atoms with E-state index in [0.717, 1.165) is 26.1 Å². The van der Waals surface area contributed by atoms with Crippen LogP contribution in [0.4, 0.5) is 0 Å². The third-order valence-electron chi connectivity index (χ3n) is 3.36. The highest BCUT2D eigenvalue weighted by Gasteiger charge is 2.12. The van der Waals surface area contributed by atoms with Gasteiger partial charge in [0.25, 0.3) is 0 Å². The van der Waals surface area contributed by atoms with Crippen molar-refractivity contribution in [2.24, 2.45) is 0 Å². The van der Waals surface area contributed by atoms with E-state index in [1.54, 1.807) is 0 Å². The Balaban J connectivity index is 2.19. The highest BCUT2D eigenvalue weighted by Crippen LogP contribution is 2.08. The topological polar surface area (TPSA) is 43.8 Å². The van der Waals surface area contributed by atoms with E-state index in [9.17, 15) is 4.79 Å². The van der Waals surface area contributed by atoms with Crippen LogP contribution in [0, 0.1) is 0 Å². The quantitative estimate of drug-likeness (QED) is 0.703. The van der Waals surface area contributed by atoms with Gasteiger partial charge in [-0.15, -0.1) is 0 Å². The zero-order valence-electron chi connectivity index (χ0n) is 11.0. The first-order valence-corrected chi connectivity index (χ1v) is 6.89. The minimum atomic E-state index is -0.691. The predicted octanol–water partition coefficient (Wildman–Crippen LogP) is 1.66. The summed E-state index contributed by atoms with van der Waals surface area (Å²) in [5.41, 5.74) is 0. The molecule has 1 aliphatic rings. The molecule has 0 amide bonds. The van der Waals surface area contributed by atoms with E-state index in [4.69, 9.17) is 5.11 Å². The number of nitrogens with zero attached hydrogens (tertiary/aromatic N) is 2. The number of carboxylic acids is 1. The van der Waals surface area contributed by atoms with Gasteiger partial charge in [-0.05, 0) is 38.9 Å². The molecule has 0 radical (unpaired) electrons. The molecule has 0 unspecified atom stereocenters. The summed E-state index contributed by atoms with van der Waals surface area (Å²) in [5.74, 6) is -0.691. The first-order chi connectivity index (χ1) is 8.22. The lowest BCUT2D eigenvalue weighted by Crippen LogP contribution is -2.38. The summed E-state index contributed by atoms with van der Waals surface area (Å²) in [7, 11) is 0. The van der Waals surface area contributed by atoms with Crippen LogP contribution < -0.4 is 0 Å².